The maximum absolute atomic E-state index is 13.6. The Labute approximate surface area is 172 Å². The van der Waals surface area contributed by atoms with Gasteiger partial charge in [-0.3, -0.25) is 4.79 Å². The number of carbonyl (C=O) groups excluding carboxylic acids is 1. The highest BCUT2D eigenvalue weighted by molar-refractivity contribution is 7.13. The van der Waals surface area contributed by atoms with E-state index in [1.807, 2.05) is 9.95 Å². The van der Waals surface area contributed by atoms with Crippen molar-refractivity contribution in [3.05, 3.63) is 51.0 Å². The molecule has 0 radical (unpaired) electrons. The van der Waals surface area contributed by atoms with Gasteiger partial charge in [-0.2, -0.15) is 0 Å². The van der Waals surface area contributed by atoms with Crippen molar-refractivity contribution in [3.63, 3.8) is 0 Å². The molecule has 2 unspecified atom stereocenters. The number of amides is 1. The van der Waals surface area contributed by atoms with Crippen LogP contribution in [0.4, 0.5) is 4.39 Å². The fourth-order valence-corrected chi connectivity index (χ4v) is 4.68. The molecule has 2 atom stereocenters. The maximum atomic E-state index is 13.6. The molecule has 2 aromatic heterocycles. The number of rotatable bonds is 2. The molecule has 1 aromatic carbocycles. The number of carbonyl (C=O) groups is 1. The van der Waals surface area contributed by atoms with Crippen LogP contribution in [-0.4, -0.2) is 49.8 Å². The number of ether oxygens (including phenoxy) is 1. The monoisotopic (exact) mass is 439 g/mol. The Morgan fingerprint density at radius 2 is 2.11 bits per heavy atom. The quantitative estimate of drug-likeness (QED) is 0.571. The lowest BCUT2D eigenvalue weighted by atomic mass is 10.0. The van der Waals surface area contributed by atoms with Gasteiger partial charge in [0, 0.05) is 18.1 Å². The van der Waals surface area contributed by atoms with E-state index in [4.69, 9.17) is 27.9 Å². The minimum atomic E-state index is -0.668. The molecule has 28 heavy (non-hydrogen) atoms. The Bertz CT molecular complexity index is 1070. The van der Waals surface area contributed by atoms with Crippen LogP contribution in [0.5, 0.6) is 0 Å². The topological polar surface area (TPSA) is 73.1 Å². The number of hydrogen-bond donors (Lipinski definition) is 0. The van der Waals surface area contributed by atoms with Gasteiger partial charge in [0.25, 0.3) is 5.91 Å². The van der Waals surface area contributed by atoms with Gasteiger partial charge in [0.05, 0.1) is 34.9 Å². The molecule has 0 aliphatic carbocycles. The van der Waals surface area contributed by atoms with Crippen molar-refractivity contribution >= 4 is 40.4 Å². The van der Waals surface area contributed by atoms with Crippen molar-refractivity contribution in [2.24, 2.45) is 0 Å². The van der Waals surface area contributed by atoms with Gasteiger partial charge in [-0.05, 0) is 12.1 Å². The van der Waals surface area contributed by atoms with E-state index in [0.29, 0.717) is 24.8 Å². The van der Waals surface area contributed by atoms with Crippen molar-refractivity contribution in [3.8, 4) is 10.8 Å². The Morgan fingerprint density at radius 3 is 2.89 bits per heavy atom. The molecule has 144 valence electrons. The summed E-state index contributed by atoms with van der Waals surface area (Å²) in [5.41, 5.74) is 0.151. The van der Waals surface area contributed by atoms with E-state index in [2.05, 4.69) is 15.2 Å². The summed E-state index contributed by atoms with van der Waals surface area (Å²) in [5, 5.41) is 10.9. The predicted octanol–water partition coefficient (Wildman–Crippen LogP) is 3.44. The van der Waals surface area contributed by atoms with Crippen LogP contribution in [0.2, 0.25) is 10.0 Å². The first-order valence-corrected chi connectivity index (χ1v) is 10.1. The second-order valence-electron chi connectivity index (χ2n) is 6.47. The molecule has 11 heteroatoms. The third-order valence-corrected chi connectivity index (χ3v) is 6.54. The highest BCUT2D eigenvalue weighted by Crippen LogP contribution is 2.38. The van der Waals surface area contributed by atoms with Crippen molar-refractivity contribution in [1.82, 2.24) is 24.6 Å². The molecule has 4 heterocycles. The van der Waals surface area contributed by atoms with Crippen molar-refractivity contribution in [2.75, 3.05) is 13.2 Å². The zero-order chi connectivity index (χ0) is 19.4. The lowest BCUT2D eigenvalue weighted by Gasteiger charge is -2.45. The Kier molecular flexibility index (Phi) is 4.35. The van der Waals surface area contributed by atoms with Crippen molar-refractivity contribution < 1.29 is 13.9 Å². The SMILES string of the molecule is O=C(c1ccc(F)c(Cl)c1Cl)N1C2COCC1c1nnc(-c3nccs3)n1C2. The summed E-state index contributed by atoms with van der Waals surface area (Å²) in [4.78, 5) is 19.3. The summed E-state index contributed by atoms with van der Waals surface area (Å²) in [5.74, 6) is 0.296. The lowest BCUT2D eigenvalue weighted by molar-refractivity contribution is -0.0569. The lowest BCUT2D eigenvalue weighted by Crippen LogP contribution is -2.56. The number of fused-ring (bicyclic) bond motifs is 4. The average Bonchev–Trinajstić information content (AvgIpc) is 3.35. The third kappa shape index (κ3) is 2.65. The third-order valence-electron chi connectivity index (χ3n) is 4.91. The molecule has 2 bridgehead atoms. The zero-order valence-corrected chi connectivity index (χ0v) is 16.5. The number of hydrogen-bond acceptors (Lipinski definition) is 6. The molecule has 5 rings (SSSR count). The highest BCUT2D eigenvalue weighted by atomic mass is 35.5. The maximum Gasteiger partial charge on any atom is 0.256 e. The molecule has 0 spiro atoms. The molecule has 2 aliphatic rings. The van der Waals surface area contributed by atoms with E-state index in [0.717, 1.165) is 11.1 Å². The molecule has 0 saturated carbocycles. The summed E-state index contributed by atoms with van der Waals surface area (Å²) in [6, 6.07) is 1.82. The summed E-state index contributed by atoms with van der Waals surface area (Å²) in [7, 11) is 0. The van der Waals surface area contributed by atoms with E-state index in [-0.39, 0.29) is 34.2 Å². The Hall–Kier alpha value is -2.07. The molecule has 2 aliphatic heterocycles. The van der Waals surface area contributed by atoms with Gasteiger partial charge in [0.15, 0.2) is 16.7 Å². The minimum Gasteiger partial charge on any atom is -0.377 e. The minimum absolute atomic E-state index is 0.0961. The number of nitrogens with zero attached hydrogens (tertiary/aromatic N) is 5. The molecule has 1 amide bonds. The summed E-state index contributed by atoms with van der Waals surface area (Å²) in [6.45, 7) is 1.11. The average molecular weight is 440 g/mol. The first-order chi connectivity index (χ1) is 13.6. The number of thiazole rings is 1. The van der Waals surface area contributed by atoms with Crippen molar-refractivity contribution in [1.29, 1.82) is 0 Å². The van der Waals surface area contributed by atoms with Crippen LogP contribution in [0.15, 0.2) is 23.7 Å². The van der Waals surface area contributed by atoms with Gasteiger partial charge in [0.2, 0.25) is 0 Å². The zero-order valence-electron chi connectivity index (χ0n) is 14.2. The van der Waals surface area contributed by atoms with E-state index < -0.39 is 11.9 Å². The fourth-order valence-electron chi connectivity index (χ4n) is 3.65. The van der Waals surface area contributed by atoms with Crippen LogP contribution in [0.25, 0.3) is 10.8 Å². The standard InChI is InChI=1S/C17H12Cl2FN5O2S/c18-12-9(1-2-10(20)13(12)19)17(26)25-8-5-24-14(11(25)7-27-6-8)22-23-15(24)16-21-3-4-28-16/h1-4,8,11H,5-7H2. The molecular weight excluding hydrogens is 428 g/mol. The van der Waals surface area contributed by atoms with E-state index in [1.165, 1.54) is 17.4 Å². The van der Waals surface area contributed by atoms with Crippen LogP contribution in [0.1, 0.15) is 22.2 Å². The van der Waals surface area contributed by atoms with Crippen molar-refractivity contribution in [2.45, 2.75) is 18.6 Å². The normalized spacial score (nSPS) is 20.9. The fraction of sp³-hybridized carbons (Fsp3) is 0.294. The molecule has 3 aromatic rings. The summed E-state index contributed by atoms with van der Waals surface area (Å²) >= 11 is 13.5. The molecule has 1 fully saturated rings. The summed E-state index contributed by atoms with van der Waals surface area (Å²) in [6.07, 6.45) is 1.71. The molecular formula is C17H12Cl2FN5O2S. The first kappa shape index (κ1) is 18.0. The Balaban J connectivity index is 1.56. The van der Waals surface area contributed by atoms with Crippen LogP contribution in [-0.2, 0) is 11.3 Å². The smallest absolute Gasteiger partial charge is 0.256 e. The molecule has 1 saturated heterocycles. The predicted molar refractivity (Wildman–Crippen MR) is 101 cm³/mol. The van der Waals surface area contributed by atoms with E-state index >= 15 is 0 Å². The van der Waals surface area contributed by atoms with E-state index in [9.17, 15) is 9.18 Å². The van der Waals surface area contributed by atoms with Gasteiger partial charge in [-0.1, -0.05) is 23.2 Å². The Morgan fingerprint density at radius 1 is 1.25 bits per heavy atom. The van der Waals surface area contributed by atoms with Gasteiger partial charge in [-0.15, -0.1) is 21.5 Å². The number of benzene rings is 1. The largest absolute Gasteiger partial charge is 0.377 e. The van der Waals surface area contributed by atoms with E-state index in [1.54, 1.807) is 11.1 Å². The van der Waals surface area contributed by atoms with Crippen LogP contribution in [0, 0.1) is 5.82 Å². The highest BCUT2D eigenvalue weighted by Gasteiger charge is 2.44. The van der Waals surface area contributed by atoms with Gasteiger partial charge in [0.1, 0.15) is 11.9 Å². The number of aromatic nitrogens is 4. The van der Waals surface area contributed by atoms with Gasteiger partial charge >= 0.3 is 0 Å². The molecule has 0 N–H and O–H groups in total. The van der Waals surface area contributed by atoms with Crippen LogP contribution in [0.3, 0.4) is 0 Å². The van der Waals surface area contributed by atoms with Gasteiger partial charge < -0.3 is 14.2 Å². The van der Waals surface area contributed by atoms with Gasteiger partial charge in [-0.25, -0.2) is 9.37 Å². The number of halogens is 3. The second kappa shape index (κ2) is 6.77. The number of morpholine rings is 1. The second-order valence-corrected chi connectivity index (χ2v) is 8.12. The first-order valence-electron chi connectivity index (χ1n) is 8.43. The summed E-state index contributed by atoms with van der Waals surface area (Å²) < 4.78 is 21.3. The van der Waals surface area contributed by atoms with Crippen LogP contribution >= 0.6 is 34.5 Å². The molecule has 7 nitrogen and oxygen atoms in total. The van der Waals surface area contributed by atoms with Crippen LogP contribution < -0.4 is 0 Å².